The number of rotatable bonds is 4. The monoisotopic (exact) mass is 205 g/mol. The van der Waals surface area contributed by atoms with Crippen LogP contribution < -0.4 is 10.5 Å². The predicted molar refractivity (Wildman–Crippen MR) is 65.2 cm³/mol. The number of ether oxygens (including phenoxy) is 1. The first-order valence-electron chi connectivity index (χ1n) is 5.23. The van der Waals surface area contributed by atoms with Gasteiger partial charge in [-0.1, -0.05) is 32.1 Å². The summed E-state index contributed by atoms with van der Waals surface area (Å²) in [5.74, 6) is 1.42. The largest absolute Gasteiger partial charge is 0.496 e. The molecule has 0 amide bonds. The Kier molecular flexibility index (Phi) is 4.37. The maximum absolute atomic E-state index is 5.42. The highest BCUT2D eigenvalue weighted by Crippen LogP contribution is 2.27. The van der Waals surface area contributed by atoms with Gasteiger partial charge in [-0.05, 0) is 29.2 Å². The molecule has 0 aromatic heterocycles. The smallest absolute Gasteiger partial charge is 0.122 e. The van der Waals surface area contributed by atoms with E-state index in [0.717, 1.165) is 5.75 Å². The summed E-state index contributed by atoms with van der Waals surface area (Å²) in [4.78, 5) is 0. The minimum absolute atomic E-state index is 0.464. The zero-order valence-corrected chi connectivity index (χ0v) is 9.66. The van der Waals surface area contributed by atoms with Crippen molar-refractivity contribution in [2.45, 2.75) is 19.8 Å². The van der Waals surface area contributed by atoms with Crippen LogP contribution in [0, 0.1) is 0 Å². The molecular weight excluding hydrogens is 186 g/mol. The Morgan fingerprint density at radius 1 is 1.40 bits per heavy atom. The van der Waals surface area contributed by atoms with E-state index in [1.54, 1.807) is 7.11 Å². The van der Waals surface area contributed by atoms with E-state index in [2.05, 4.69) is 19.9 Å². The van der Waals surface area contributed by atoms with Crippen molar-refractivity contribution in [2.75, 3.05) is 13.7 Å². The van der Waals surface area contributed by atoms with Crippen molar-refractivity contribution in [3.63, 3.8) is 0 Å². The van der Waals surface area contributed by atoms with Gasteiger partial charge in [0, 0.05) is 6.54 Å². The van der Waals surface area contributed by atoms with Crippen LogP contribution in [0.4, 0.5) is 0 Å². The molecule has 1 aromatic carbocycles. The zero-order chi connectivity index (χ0) is 11.3. The summed E-state index contributed by atoms with van der Waals surface area (Å²) in [7, 11) is 1.70. The quantitative estimate of drug-likeness (QED) is 0.820. The van der Waals surface area contributed by atoms with Gasteiger partial charge in [-0.3, -0.25) is 0 Å². The van der Waals surface area contributed by atoms with Crippen molar-refractivity contribution in [1.29, 1.82) is 0 Å². The highest BCUT2D eigenvalue weighted by atomic mass is 16.5. The second-order valence-electron chi connectivity index (χ2n) is 3.79. The highest BCUT2D eigenvalue weighted by molar-refractivity contribution is 5.54. The Hall–Kier alpha value is -1.28. The second-order valence-corrected chi connectivity index (χ2v) is 3.79. The molecule has 2 nitrogen and oxygen atoms in total. The molecule has 2 N–H and O–H groups in total. The molecule has 0 atom stereocenters. The molecule has 1 rings (SSSR count). The molecule has 0 radical (unpaired) electrons. The summed E-state index contributed by atoms with van der Waals surface area (Å²) < 4.78 is 5.32. The van der Waals surface area contributed by atoms with Crippen LogP contribution in [0.25, 0.3) is 6.08 Å². The first-order valence-corrected chi connectivity index (χ1v) is 5.23. The van der Waals surface area contributed by atoms with Gasteiger partial charge in [-0.25, -0.2) is 0 Å². The molecule has 1 aromatic rings. The molecule has 0 spiro atoms. The topological polar surface area (TPSA) is 35.2 Å². The van der Waals surface area contributed by atoms with Crippen molar-refractivity contribution >= 4 is 6.08 Å². The van der Waals surface area contributed by atoms with Crippen molar-refractivity contribution in [2.24, 2.45) is 5.73 Å². The van der Waals surface area contributed by atoms with E-state index in [4.69, 9.17) is 10.5 Å². The summed E-state index contributed by atoms with van der Waals surface area (Å²) >= 11 is 0. The molecule has 0 saturated carbocycles. The Balaban J connectivity index is 3.04. The highest BCUT2D eigenvalue weighted by Gasteiger charge is 2.06. The maximum atomic E-state index is 5.42. The third-order valence-corrected chi connectivity index (χ3v) is 2.32. The first-order chi connectivity index (χ1) is 7.19. The zero-order valence-electron chi connectivity index (χ0n) is 9.66. The van der Waals surface area contributed by atoms with Crippen LogP contribution in [0.2, 0.25) is 0 Å². The molecule has 0 fully saturated rings. The summed E-state index contributed by atoms with van der Waals surface area (Å²) in [5, 5.41) is 0. The van der Waals surface area contributed by atoms with Gasteiger partial charge in [0.1, 0.15) is 5.75 Å². The van der Waals surface area contributed by atoms with Crippen LogP contribution in [-0.4, -0.2) is 13.7 Å². The van der Waals surface area contributed by atoms with Gasteiger partial charge in [0.15, 0.2) is 0 Å². The predicted octanol–water partition coefficient (Wildman–Crippen LogP) is 2.79. The van der Waals surface area contributed by atoms with E-state index < -0.39 is 0 Å². The molecule has 82 valence electrons. The van der Waals surface area contributed by atoms with Crippen molar-refractivity contribution in [1.82, 2.24) is 0 Å². The molecular formula is C13H19NO. The van der Waals surface area contributed by atoms with Crippen LogP contribution in [0.3, 0.4) is 0 Å². The fourth-order valence-corrected chi connectivity index (χ4v) is 1.51. The minimum Gasteiger partial charge on any atom is -0.496 e. The normalized spacial score (nSPS) is 11.3. The fourth-order valence-electron chi connectivity index (χ4n) is 1.51. The molecule has 0 heterocycles. The van der Waals surface area contributed by atoms with Gasteiger partial charge >= 0.3 is 0 Å². The molecule has 0 bridgehead atoms. The average molecular weight is 205 g/mol. The first kappa shape index (κ1) is 11.8. The lowest BCUT2D eigenvalue weighted by Gasteiger charge is -2.12. The van der Waals surface area contributed by atoms with Gasteiger partial charge in [0.05, 0.1) is 7.11 Å². The van der Waals surface area contributed by atoms with Crippen LogP contribution >= 0.6 is 0 Å². The number of methoxy groups -OCH3 is 1. The van der Waals surface area contributed by atoms with Crippen LogP contribution in [0.15, 0.2) is 24.3 Å². The van der Waals surface area contributed by atoms with Crippen LogP contribution in [0.5, 0.6) is 5.75 Å². The van der Waals surface area contributed by atoms with Gasteiger partial charge in [-0.2, -0.15) is 0 Å². The van der Waals surface area contributed by atoms with Gasteiger partial charge in [0.25, 0.3) is 0 Å². The third kappa shape index (κ3) is 3.10. The molecule has 0 aliphatic carbocycles. The molecule has 0 aliphatic rings. The number of nitrogens with two attached hydrogens (primary N) is 1. The van der Waals surface area contributed by atoms with E-state index in [9.17, 15) is 0 Å². The van der Waals surface area contributed by atoms with E-state index in [1.807, 2.05) is 24.3 Å². The van der Waals surface area contributed by atoms with E-state index in [0.29, 0.717) is 12.5 Å². The summed E-state index contributed by atoms with van der Waals surface area (Å²) in [6.45, 7) is 4.89. The minimum atomic E-state index is 0.464. The Morgan fingerprint density at radius 3 is 2.67 bits per heavy atom. The maximum Gasteiger partial charge on any atom is 0.122 e. The summed E-state index contributed by atoms with van der Waals surface area (Å²) in [5.41, 5.74) is 7.82. The SMILES string of the molecule is COc1ccc(/C=C/CN)cc1C(C)C. The van der Waals surface area contributed by atoms with E-state index in [-0.39, 0.29) is 0 Å². The molecule has 0 saturated heterocycles. The lowest BCUT2D eigenvalue weighted by molar-refractivity contribution is 0.407. The lowest BCUT2D eigenvalue weighted by Crippen LogP contribution is -1.95. The number of benzene rings is 1. The number of hydrogen-bond donors (Lipinski definition) is 1. The van der Waals surface area contributed by atoms with Gasteiger partial charge in [0.2, 0.25) is 0 Å². The van der Waals surface area contributed by atoms with E-state index in [1.165, 1.54) is 11.1 Å². The van der Waals surface area contributed by atoms with Crippen molar-refractivity contribution in [3.05, 3.63) is 35.4 Å². The Bertz CT molecular complexity index is 342. The third-order valence-electron chi connectivity index (χ3n) is 2.32. The molecule has 0 aliphatic heterocycles. The summed E-state index contributed by atoms with van der Waals surface area (Å²) in [6.07, 6.45) is 3.98. The second kappa shape index (κ2) is 5.56. The summed E-state index contributed by atoms with van der Waals surface area (Å²) in [6, 6.07) is 6.19. The van der Waals surface area contributed by atoms with Crippen molar-refractivity contribution < 1.29 is 4.74 Å². The fraction of sp³-hybridized carbons (Fsp3) is 0.385. The van der Waals surface area contributed by atoms with Gasteiger partial charge in [-0.15, -0.1) is 0 Å². The molecule has 2 heteroatoms. The van der Waals surface area contributed by atoms with E-state index >= 15 is 0 Å². The Labute approximate surface area is 91.7 Å². The van der Waals surface area contributed by atoms with Crippen molar-refractivity contribution in [3.8, 4) is 5.75 Å². The Morgan fingerprint density at radius 2 is 2.13 bits per heavy atom. The van der Waals surface area contributed by atoms with Crippen LogP contribution in [0.1, 0.15) is 30.9 Å². The average Bonchev–Trinajstić information content (AvgIpc) is 2.25. The number of hydrogen-bond acceptors (Lipinski definition) is 2. The van der Waals surface area contributed by atoms with Crippen LogP contribution in [-0.2, 0) is 0 Å². The standard InChI is InChI=1S/C13H19NO/c1-10(2)12-9-11(5-4-8-14)6-7-13(12)15-3/h4-7,9-10H,8,14H2,1-3H3/b5-4+. The van der Waals surface area contributed by atoms with Gasteiger partial charge < -0.3 is 10.5 Å². The molecule has 15 heavy (non-hydrogen) atoms. The lowest BCUT2D eigenvalue weighted by atomic mass is 9.99. The molecule has 0 unspecified atom stereocenters.